The fourth-order valence-electron chi connectivity index (χ4n) is 2.39. The van der Waals surface area contributed by atoms with Crippen molar-refractivity contribution in [3.63, 3.8) is 0 Å². The molecule has 0 radical (unpaired) electrons. The van der Waals surface area contributed by atoms with Crippen LogP contribution in [0.15, 0.2) is 47.6 Å². The Hall–Kier alpha value is -2.86. The molecule has 0 atom stereocenters. The quantitative estimate of drug-likeness (QED) is 0.675. The number of benzene rings is 2. The Morgan fingerprint density at radius 1 is 1.32 bits per heavy atom. The van der Waals surface area contributed by atoms with Crippen LogP contribution in [-0.2, 0) is 9.59 Å². The number of ether oxygens (including phenoxy) is 1. The maximum absolute atomic E-state index is 12.1. The number of aryl methyl sites for hydroxylation is 1. The number of fused-ring (bicyclic) bond motifs is 1. The second kappa shape index (κ2) is 7.36. The van der Waals surface area contributed by atoms with Gasteiger partial charge in [0.2, 0.25) is 0 Å². The zero-order valence-corrected chi connectivity index (χ0v) is 14.3. The first kappa shape index (κ1) is 17.0. The van der Waals surface area contributed by atoms with Gasteiger partial charge in [0, 0.05) is 5.02 Å². The van der Waals surface area contributed by atoms with Gasteiger partial charge in [0.1, 0.15) is 12.3 Å². The van der Waals surface area contributed by atoms with Crippen LogP contribution in [0.1, 0.15) is 11.1 Å². The van der Waals surface area contributed by atoms with Crippen molar-refractivity contribution in [3.05, 3.63) is 58.6 Å². The maximum atomic E-state index is 12.1. The number of hydrogen-bond donors (Lipinski definition) is 1. The number of carbonyl (C=O) groups excluding carboxylic acids is 2. The molecule has 7 heteroatoms. The lowest BCUT2D eigenvalue weighted by Gasteiger charge is -2.28. The van der Waals surface area contributed by atoms with E-state index < -0.39 is 5.91 Å². The highest BCUT2D eigenvalue weighted by Crippen LogP contribution is 2.32. The largest absolute Gasteiger partial charge is 0.482 e. The highest BCUT2D eigenvalue weighted by atomic mass is 35.5. The van der Waals surface area contributed by atoms with Crippen LogP contribution in [-0.4, -0.2) is 31.2 Å². The number of halogens is 1. The zero-order valence-electron chi connectivity index (χ0n) is 13.5. The van der Waals surface area contributed by atoms with Gasteiger partial charge in [-0.1, -0.05) is 29.8 Å². The van der Waals surface area contributed by atoms with Crippen molar-refractivity contribution >= 4 is 35.3 Å². The summed E-state index contributed by atoms with van der Waals surface area (Å²) >= 11 is 5.81. The van der Waals surface area contributed by atoms with Gasteiger partial charge in [-0.15, -0.1) is 0 Å². The van der Waals surface area contributed by atoms with Crippen LogP contribution in [0.4, 0.5) is 5.69 Å². The van der Waals surface area contributed by atoms with Crippen molar-refractivity contribution in [2.24, 2.45) is 5.10 Å². The zero-order chi connectivity index (χ0) is 17.8. The second-order valence-electron chi connectivity index (χ2n) is 5.58. The van der Waals surface area contributed by atoms with Crippen LogP contribution in [0.25, 0.3) is 0 Å². The molecule has 0 saturated heterocycles. The van der Waals surface area contributed by atoms with Gasteiger partial charge in [0.15, 0.2) is 6.61 Å². The molecule has 0 fully saturated rings. The number of amides is 2. The van der Waals surface area contributed by atoms with E-state index in [1.165, 1.54) is 11.1 Å². The predicted octanol–water partition coefficient (Wildman–Crippen LogP) is 2.52. The highest BCUT2D eigenvalue weighted by Gasteiger charge is 2.27. The summed E-state index contributed by atoms with van der Waals surface area (Å²) < 4.78 is 5.39. The third kappa shape index (κ3) is 4.16. The number of rotatable bonds is 4. The molecular weight excluding hydrogens is 342 g/mol. The van der Waals surface area contributed by atoms with Crippen molar-refractivity contribution in [1.29, 1.82) is 0 Å². The molecule has 25 heavy (non-hydrogen) atoms. The van der Waals surface area contributed by atoms with Crippen LogP contribution in [0.5, 0.6) is 5.75 Å². The molecule has 0 aromatic heterocycles. The van der Waals surface area contributed by atoms with E-state index in [-0.39, 0.29) is 19.1 Å². The summed E-state index contributed by atoms with van der Waals surface area (Å²) in [6.45, 7) is 1.70. The molecule has 1 heterocycles. The first-order valence-corrected chi connectivity index (χ1v) is 8.02. The third-order valence-electron chi connectivity index (χ3n) is 3.63. The maximum Gasteiger partial charge on any atom is 0.265 e. The van der Waals surface area contributed by atoms with Gasteiger partial charge in [-0.25, -0.2) is 5.43 Å². The summed E-state index contributed by atoms with van der Waals surface area (Å²) in [5.41, 5.74) is 4.79. The van der Waals surface area contributed by atoms with Gasteiger partial charge >= 0.3 is 0 Å². The van der Waals surface area contributed by atoms with Gasteiger partial charge in [0.05, 0.1) is 11.9 Å². The number of carbonyl (C=O) groups is 2. The van der Waals surface area contributed by atoms with Crippen molar-refractivity contribution < 1.29 is 14.3 Å². The summed E-state index contributed by atoms with van der Waals surface area (Å²) in [4.78, 5) is 25.6. The molecule has 3 rings (SSSR count). The standard InChI is InChI=1S/C18H16ClN3O3/c1-12-2-7-16-15(8-12)22(18(24)11-25-16)10-17(23)21-20-9-13-3-5-14(19)6-4-13/h2-9H,10-11H2,1H3,(H,21,23)/b20-9+. The summed E-state index contributed by atoms with van der Waals surface area (Å²) in [7, 11) is 0. The molecule has 2 aromatic rings. The van der Waals surface area contributed by atoms with Crippen molar-refractivity contribution in [3.8, 4) is 5.75 Å². The number of hydrogen-bond acceptors (Lipinski definition) is 4. The Morgan fingerprint density at radius 2 is 2.08 bits per heavy atom. The molecule has 2 amide bonds. The lowest BCUT2D eigenvalue weighted by Crippen LogP contribution is -2.44. The van der Waals surface area contributed by atoms with E-state index in [9.17, 15) is 9.59 Å². The molecule has 2 aromatic carbocycles. The Bertz CT molecular complexity index is 834. The number of nitrogens with one attached hydrogen (secondary N) is 1. The van der Waals surface area contributed by atoms with E-state index in [1.54, 1.807) is 30.3 Å². The summed E-state index contributed by atoms with van der Waals surface area (Å²) in [5.74, 6) is -0.0782. The van der Waals surface area contributed by atoms with Crippen LogP contribution >= 0.6 is 11.6 Å². The molecule has 0 unspecified atom stereocenters. The van der Waals surface area contributed by atoms with Crippen LogP contribution in [0.3, 0.4) is 0 Å². The molecule has 0 aliphatic carbocycles. The second-order valence-corrected chi connectivity index (χ2v) is 6.02. The lowest BCUT2D eigenvalue weighted by molar-refractivity contribution is -0.125. The smallest absolute Gasteiger partial charge is 0.265 e. The molecule has 0 bridgehead atoms. The predicted molar refractivity (Wildman–Crippen MR) is 96.2 cm³/mol. The normalized spacial score (nSPS) is 13.5. The minimum atomic E-state index is -0.395. The highest BCUT2D eigenvalue weighted by molar-refractivity contribution is 6.30. The molecule has 0 saturated carbocycles. The molecule has 0 spiro atoms. The van der Waals surface area contributed by atoms with Crippen LogP contribution in [0.2, 0.25) is 5.02 Å². The SMILES string of the molecule is Cc1ccc2c(c1)N(CC(=O)N/N=C/c1ccc(Cl)cc1)C(=O)CO2. The number of hydrazone groups is 1. The molecular formula is C18H16ClN3O3. The Kier molecular flexibility index (Phi) is 5.00. The van der Waals surface area contributed by atoms with E-state index in [4.69, 9.17) is 16.3 Å². The van der Waals surface area contributed by atoms with Crippen molar-refractivity contribution in [2.75, 3.05) is 18.1 Å². The Morgan fingerprint density at radius 3 is 2.84 bits per heavy atom. The minimum Gasteiger partial charge on any atom is -0.482 e. The number of nitrogens with zero attached hydrogens (tertiary/aromatic N) is 2. The van der Waals surface area contributed by atoms with Gasteiger partial charge in [-0.3, -0.25) is 14.5 Å². The van der Waals surface area contributed by atoms with E-state index in [2.05, 4.69) is 10.5 Å². The Labute approximate surface area is 150 Å². The molecule has 128 valence electrons. The molecule has 1 N–H and O–H groups in total. The fourth-order valence-corrected chi connectivity index (χ4v) is 2.52. The van der Waals surface area contributed by atoms with Crippen molar-refractivity contribution in [1.82, 2.24) is 5.43 Å². The molecule has 1 aliphatic heterocycles. The minimum absolute atomic E-state index is 0.0859. The van der Waals surface area contributed by atoms with Gasteiger partial charge in [-0.05, 0) is 42.3 Å². The van der Waals surface area contributed by atoms with Gasteiger partial charge in [0.25, 0.3) is 11.8 Å². The summed E-state index contributed by atoms with van der Waals surface area (Å²) in [6.07, 6.45) is 1.51. The topological polar surface area (TPSA) is 71.0 Å². The average molecular weight is 358 g/mol. The fraction of sp³-hybridized carbons (Fsp3) is 0.167. The van der Waals surface area contributed by atoms with Gasteiger partial charge < -0.3 is 4.74 Å². The molecule has 1 aliphatic rings. The third-order valence-corrected chi connectivity index (χ3v) is 3.88. The Balaban J connectivity index is 1.65. The molecule has 6 nitrogen and oxygen atoms in total. The van der Waals surface area contributed by atoms with E-state index in [0.29, 0.717) is 16.5 Å². The lowest BCUT2D eigenvalue weighted by atomic mass is 10.1. The number of anilines is 1. The summed E-state index contributed by atoms with van der Waals surface area (Å²) in [5, 5.41) is 4.52. The van der Waals surface area contributed by atoms with Crippen LogP contribution in [0, 0.1) is 6.92 Å². The van der Waals surface area contributed by atoms with E-state index in [0.717, 1.165) is 11.1 Å². The summed E-state index contributed by atoms with van der Waals surface area (Å²) in [6, 6.07) is 12.5. The van der Waals surface area contributed by atoms with E-state index in [1.807, 2.05) is 19.1 Å². The van der Waals surface area contributed by atoms with Crippen LogP contribution < -0.4 is 15.1 Å². The van der Waals surface area contributed by atoms with E-state index >= 15 is 0 Å². The first-order chi connectivity index (χ1) is 12.0. The average Bonchev–Trinajstić information content (AvgIpc) is 2.59. The van der Waals surface area contributed by atoms with Gasteiger partial charge in [-0.2, -0.15) is 5.10 Å². The van der Waals surface area contributed by atoms with Crippen molar-refractivity contribution in [2.45, 2.75) is 6.92 Å². The first-order valence-electron chi connectivity index (χ1n) is 7.64. The monoisotopic (exact) mass is 357 g/mol.